The fraction of sp³-hybridized carbons (Fsp3) is 0.542. The van der Waals surface area contributed by atoms with E-state index < -0.39 is 0 Å². The van der Waals surface area contributed by atoms with Crippen LogP contribution in [0, 0.1) is 17.8 Å². The van der Waals surface area contributed by atoms with E-state index in [4.69, 9.17) is 17.0 Å². The maximum Gasteiger partial charge on any atom is 0.266 e. The zero-order valence-electron chi connectivity index (χ0n) is 17.8. The van der Waals surface area contributed by atoms with Crippen molar-refractivity contribution >= 4 is 46.2 Å². The highest BCUT2D eigenvalue weighted by Crippen LogP contribution is 2.55. The van der Waals surface area contributed by atoms with E-state index in [0.717, 1.165) is 42.6 Å². The lowest BCUT2D eigenvalue weighted by molar-refractivity contribution is -0.127. The van der Waals surface area contributed by atoms with Crippen molar-refractivity contribution in [3.05, 3.63) is 34.7 Å². The van der Waals surface area contributed by atoms with Crippen molar-refractivity contribution in [3.63, 3.8) is 0 Å². The number of hydrogen-bond acceptors (Lipinski definition) is 5. The van der Waals surface area contributed by atoms with Gasteiger partial charge in [-0.3, -0.25) is 14.5 Å². The second-order valence-corrected chi connectivity index (χ2v) is 11.2. The van der Waals surface area contributed by atoms with Gasteiger partial charge < -0.3 is 10.1 Å². The van der Waals surface area contributed by atoms with Crippen molar-refractivity contribution in [2.24, 2.45) is 17.8 Å². The summed E-state index contributed by atoms with van der Waals surface area (Å²) in [6, 6.07) is 7.57. The number of carbonyl (C=O) groups excluding carboxylic acids is 2. The van der Waals surface area contributed by atoms with Gasteiger partial charge in [0.1, 0.15) is 10.1 Å². The van der Waals surface area contributed by atoms with Crippen LogP contribution in [0.3, 0.4) is 0 Å². The van der Waals surface area contributed by atoms with Crippen molar-refractivity contribution in [2.75, 3.05) is 13.7 Å². The molecule has 164 valence electrons. The molecule has 5 nitrogen and oxygen atoms in total. The molecule has 1 aliphatic heterocycles. The van der Waals surface area contributed by atoms with Crippen LogP contribution >= 0.6 is 24.0 Å². The molecule has 1 aromatic rings. The van der Waals surface area contributed by atoms with Crippen LogP contribution in [0.5, 0.6) is 5.75 Å². The first-order valence-electron chi connectivity index (χ1n) is 11.1. The van der Waals surface area contributed by atoms with E-state index in [1.807, 2.05) is 30.3 Å². The van der Waals surface area contributed by atoms with E-state index in [2.05, 4.69) is 5.32 Å². The predicted octanol–water partition coefficient (Wildman–Crippen LogP) is 4.37. The number of benzene rings is 1. The van der Waals surface area contributed by atoms with E-state index in [1.54, 1.807) is 12.0 Å². The van der Waals surface area contributed by atoms with Gasteiger partial charge in [-0.05, 0) is 68.4 Å². The Labute approximate surface area is 193 Å². The molecule has 0 spiro atoms. The Balaban J connectivity index is 1.21. The van der Waals surface area contributed by atoms with E-state index in [1.165, 1.54) is 31.0 Å². The lowest BCUT2D eigenvalue weighted by atomic mass is 9.53. The molecule has 4 aliphatic carbocycles. The van der Waals surface area contributed by atoms with Crippen molar-refractivity contribution in [3.8, 4) is 5.75 Å². The number of ether oxygens (including phenoxy) is 1. The summed E-state index contributed by atoms with van der Waals surface area (Å²) in [5, 5.41) is 3.39. The molecule has 4 bridgehead atoms. The quantitative estimate of drug-likeness (QED) is 0.509. The zero-order valence-corrected chi connectivity index (χ0v) is 19.4. The third-order valence-electron chi connectivity index (χ3n) is 7.30. The van der Waals surface area contributed by atoms with E-state index >= 15 is 0 Å². The lowest BCUT2D eigenvalue weighted by Crippen LogP contribution is -2.60. The number of para-hydroxylation sites is 1. The zero-order chi connectivity index (χ0) is 21.6. The van der Waals surface area contributed by atoms with Gasteiger partial charge in [0.15, 0.2) is 0 Å². The number of nitrogens with one attached hydrogen (secondary N) is 1. The summed E-state index contributed by atoms with van der Waals surface area (Å²) in [7, 11) is 1.61. The summed E-state index contributed by atoms with van der Waals surface area (Å²) in [6.45, 7) is 0.326. The second kappa shape index (κ2) is 8.24. The van der Waals surface area contributed by atoms with Crippen molar-refractivity contribution in [1.82, 2.24) is 10.2 Å². The van der Waals surface area contributed by atoms with Gasteiger partial charge in [-0.15, -0.1) is 0 Å². The third kappa shape index (κ3) is 4.14. The van der Waals surface area contributed by atoms with Crippen molar-refractivity contribution in [1.29, 1.82) is 0 Å². The predicted molar refractivity (Wildman–Crippen MR) is 127 cm³/mol. The molecule has 0 atom stereocenters. The van der Waals surface area contributed by atoms with Crippen LogP contribution in [-0.2, 0) is 9.59 Å². The van der Waals surface area contributed by atoms with Gasteiger partial charge in [-0.1, -0.05) is 42.2 Å². The molecule has 1 heterocycles. The van der Waals surface area contributed by atoms with Crippen molar-refractivity contribution < 1.29 is 14.3 Å². The van der Waals surface area contributed by atoms with Crippen LogP contribution in [0.4, 0.5) is 0 Å². The summed E-state index contributed by atoms with van der Waals surface area (Å²) in [5.41, 5.74) is 0.843. The van der Waals surface area contributed by atoms with Gasteiger partial charge in [0, 0.05) is 24.1 Å². The molecule has 4 saturated carbocycles. The number of hydrogen-bond donors (Lipinski definition) is 1. The second-order valence-electron chi connectivity index (χ2n) is 9.57. The highest BCUT2D eigenvalue weighted by molar-refractivity contribution is 8.26. The molecular weight excluding hydrogens is 428 g/mol. The third-order valence-corrected chi connectivity index (χ3v) is 8.68. The molecule has 1 aromatic carbocycles. The molecule has 0 aromatic heterocycles. The summed E-state index contributed by atoms with van der Waals surface area (Å²) in [5.74, 6) is 2.99. The molecule has 1 saturated heterocycles. The molecule has 5 aliphatic rings. The van der Waals surface area contributed by atoms with E-state index in [9.17, 15) is 9.59 Å². The number of thioether (sulfide) groups is 1. The van der Waals surface area contributed by atoms with Crippen LogP contribution < -0.4 is 10.1 Å². The van der Waals surface area contributed by atoms with Gasteiger partial charge in [-0.2, -0.15) is 0 Å². The molecule has 31 heavy (non-hydrogen) atoms. The standard InChI is InChI=1S/C24H28N2O3S2/c1-29-19-5-3-2-4-18(19)11-20-22(28)26(23(30)31-20)7-6-21(27)25-24-12-15-8-16(13-24)10-17(9-15)14-24/h2-5,11,15-17H,6-10,12-14H2,1H3,(H,25,27). The number of nitrogens with zero attached hydrogens (tertiary/aromatic N) is 1. The van der Waals surface area contributed by atoms with Gasteiger partial charge >= 0.3 is 0 Å². The average Bonchev–Trinajstić information content (AvgIpc) is 2.98. The smallest absolute Gasteiger partial charge is 0.266 e. The summed E-state index contributed by atoms with van der Waals surface area (Å²) in [4.78, 5) is 27.9. The minimum Gasteiger partial charge on any atom is -0.496 e. The Morgan fingerprint density at radius 3 is 2.52 bits per heavy atom. The van der Waals surface area contributed by atoms with Gasteiger partial charge in [-0.25, -0.2) is 0 Å². The number of thiocarbonyl (C=S) groups is 1. The van der Waals surface area contributed by atoms with Crippen LogP contribution in [0.15, 0.2) is 29.2 Å². The fourth-order valence-electron chi connectivity index (χ4n) is 6.46. The Morgan fingerprint density at radius 2 is 1.87 bits per heavy atom. The van der Waals surface area contributed by atoms with Gasteiger partial charge in [0.05, 0.1) is 12.0 Å². The van der Waals surface area contributed by atoms with Gasteiger partial charge in [0.25, 0.3) is 5.91 Å². The Hall–Kier alpha value is -1.86. The molecule has 0 unspecified atom stereocenters. The normalized spacial score (nSPS) is 32.7. The molecule has 5 fully saturated rings. The lowest BCUT2D eigenvalue weighted by Gasteiger charge is -2.57. The Kier molecular flexibility index (Phi) is 5.59. The molecular formula is C24H28N2O3S2. The minimum atomic E-state index is -0.136. The number of amides is 2. The summed E-state index contributed by atoms with van der Waals surface area (Å²) in [6.07, 6.45) is 9.55. The molecule has 7 heteroatoms. The van der Waals surface area contributed by atoms with Crippen molar-refractivity contribution in [2.45, 2.75) is 50.5 Å². The van der Waals surface area contributed by atoms with E-state index in [-0.39, 0.29) is 23.8 Å². The SMILES string of the molecule is COc1ccccc1C=C1SC(=S)N(CCC(=O)NC23CC4CC(CC(C4)C2)C3)C1=O. The monoisotopic (exact) mass is 456 g/mol. The summed E-state index contributed by atoms with van der Waals surface area (Å²) >= 11 is 6.72. The largest absolute Gasteiger partial charge is 0.496 e. The Bertz CT molecular complexity index is 923. The minimum absolute atomic E-state index is 0.00500. The maximum absolute atomic E-state index is 12.9. The number of methoxy groups -OCH3 is 1. The average molecular weight is 457 g/mol. The highest BCUT2D eigenvalue weighted by atomic mass is 32.2. The first-order valence-corrected chi connectivity index (χ1v) is 12.4. The fourth-order valence-corrected chi connectivity index (χ4v) is 7.75. The number of rotatable bonds is 6. The van der Waals surface area contributed by atoms with Crippen LogP contribution in [-0.4, -0.2) is 40.2 Å². The first-order chi connectivity index (χ1) is 14.9. The first kappa shape index (κ1) is 21.0. The Morgan fingerprint density at radius 1 is 1.23 bits per heavy atom. The molecule has 1 N–H and O–H groups in total. The maximum atomic E-state index is 12.9. The number of carbonyl (C=O) groups is 2. The molecule has 0 radical (unpaired) electrons. The van der Waals surface area contributed by atoms with Crippen LogP contribution in [0.1, 0.15) is 50.5 Å². The summed E-state index contributed by atoms with van der Waals surface area (Å²) < 4.78 is 5.88. The topological polar surface area (TPSA) is 58.6 Å². The van der Waals surface area contributed by atoms with Crippen LogP contribution in [0.2, 0.25) is 0 Å². The molecule has 2 amide bonds. The molecule has 6 rings (SSSR count). The van der Waals surface area contributed by atoms with Crippen LogP contribution in [0.25, 0.3) is 6.08 Å². The van der Waals surface area contributed by atoms with E-state index in [0.29, 0.717) is 21.5 Å². The highest BCUT2D eigenvalue weighted by Gasteiger charge is 2.51. The van der Waals surface area contributed by atoms with Gasteiger partial charge in [0.2, 0.25) is 5.91 Å².